The van der Waals surface area contributed by atoms with Crippen LogP contribution in [0.1, 0.15) is 22.3 Å². The third-order valence-electron chi connectivity index (χ3n) is 7.06. The van der Waals surface area contributed by atoms with Crippen molar-refractivity contribution in [1.82, 2.24) is 0 Å². The molecule has 0 radical (unpaired) electrons. The van der Waals surface area contributed by atoms with Crippen molar-refractivity contribution in [2.75, 3.05) is 5.73 Å². The molecule has 3 nitrogen and oxygen atoms in total. The third-order valence-corrected chi connectivity index (χ3v) is 10.2. The second-order valence-corrected chi connectivity index (χ2v) is 11.7. The van der Waals surface area contributed by atoms with Crippen molar-refractivity contribution < 1.29 is 9.09 Å². The summed E-state index contributed by atoms with van der Waals surface area (Å²) in [4.78, 5) is 0. The van der Waals surface area contributed by atoms with Gasteiger partial charge in [-0.3, -0.25) is 4.57 Å². The first kappa shape index (κ1) is 22.4. The number of anilines is 1. The molecule has 4 heteroatoms. The summed E-state index contributed by atoms with van der Waals surface area (Å²) in [6.45, 7) is 2.06. The summed E-state index contributed by atoms with van der Waals surface area (Å²) >= 11 is 0. The van der Waals surface area contributed by atoms with Crippen molar-refractivity contribution in [3.63, 3.8) is 0 Å². The van der Waals surface area contributed by atoms with Gasteiger partial charge in [-0.2, -0.15) is 0 Å². The van der Waals surface area contributed by atoms with Crippen LogP contribution in [-0.2, 0) is 9.72 Å². The number of aryl methyl sites for hydroxylation is 1. The van der Waals surface area contributed by atoms with E-state index in [0.29, 0.717) is 16.7 Å². The maximum absolute atomic E-state index is 16.0. The number of fused-ring (bicyclic) bond motifs is 3. The van der Waals surface area contributed by atoms with Crippen LogP contribution in [0.25, 0.3) is 11.1 Å². The topological polar surface area (TPSA) is 52.3 Å². The van der Waals surface area contributed by atoms with Crippen molar-refractivity contribution in [2.45, 2.75) is 12.1 Å². The maximum atomic E-state index is 16.0. The Kier molecular flexibility index (Phi) is 5.32. The van der Waals surface area contributed by atoms with E-state index in [4.69, 9.17) is 10.3 Å². The van der Waals surface area contributed by atoms with Gasteiger partial charge in [-0.1, -0.05) is 109 Å². The van der Waals surface area contributed by atoms with E-state index in [9.17, 15) is 0 Å². The first-order valence-corrected chi connectivity index (χ1v) is 13.6. The Morgan fingerprint density at radius 3 is 1.83 bits per heavy atom. The molecule has 0 amide bonds. The molecule has 0 fully saturated rings. The number of nitrogen functional groups attached to an aromatic ring is 1. The van der Waals surface area contributed by atoms with Crippen molar-refractivity contribution in [3.8, 4) is 16.9 Å². The van der Waals surface area contributed by atoms with Crippen molar-refractivity contribution in [1.29, 1.82) is 0 Å². The molecule has 2 N–H and O–H groups in total. The van der Waals surface area contributed by atoms with E-state index in [2.05, 4.69) is 31.2 Å². The molecule has 2 atom stereocenters. The molecular formula is C32H26NO2P. The molecule has 2 unspecified atom stereocenters. The van der Waals surface area contributed by atoms with Crippen LogP contribution in [0.4, 0.5) is 5.69 Å². The summed E-state index contributed by atoms with van der Waals surface area (Å²) in [5.41, 5.74) is 12.5. The maximum Gasteiger partial charge on any atom is 0.296 e. The Balaban J connectivity index is 1.79. The average Bonchev–Trinajstić information content (AvgIpc) is 2.92. The van der Waals surface area contributed by atoms with Gasteiger partial charge in [-0.05, 0) is 53.4 Å². The fourth-order valence-corrected chi connectivity index (χ4v) is 8.67. The first-order chi connectivity index (χ1) is 17.5. The second kappa shape index (κ2) is 8.55. The van der Waals surface area contributed by atoms with Gasteiger partial charge in [0.25, 0.3) is 7.37 Å². The number of hydrogen-bond acceptors (Lipinski definition) is 3. The van der Waals surface area contributed by atoms with E-state index in [1.165, 1.54) is 0 Å². The second-order valence-electron chi connectivity index (χ2n) is 9.22. The predicted molar refractivity (Wildman–Crippen MR) is 148 cm³/mol. The molecule has 0 spiro atoms. The number of nitrogens with two attached hydrogens (primary N) is 1. The fourth-order valence-electron chi connectivity index (χ4n) is 5.37. The summed E-state index contributed by atoms with van der Waals surface area (Å²) in [6.07, 6.45) is 0. The molecule has 0 saturated carbocycles. The van der Waals surface area contributed by atoms with E-state index in [1.54, 1.807) is 0 Å². The fraction of sp³-hybridized carbons (Fsp3) is 0.0625. The number of benzene rings is 5. The average molecular weight is 488 g/mol. The van der Waals surface area contributed by atoms with Gasteiger partial charge in [0, 0.05) is 11.3 Å². The summed E-state index contributed by atoms with van der Waals surface area (Å²) < 4.78 is 22.7. The highest BCUT2D eigenvalue weighted by Gasteiger charge is 2.57. The highest BCUT2D eigenvalue weighted by atomic mass is 31.2. The van der Waals surface area contributed by atoms with Gasteiger partial charge in [0.15, 0.2) is 0 Å². The van der Waals surface area contributed by atoms with E-state index in [0.717, 1.165) is 33.4 Å². The monoisotopic (exact) mass is 487 g/mol. The lowest BCUT2D eigenvalue weighted by Gasteiger charge is -2.44. The molecule has 6 rings (SSSR count). The van der Waals surface area contributed by atoms with E-state index >= 15 is 4.57 Å². The summed E-state index contributed by atoms with van der Waals surface area (Å²) in [5, 5.41) is -0.399. The van der Waals surface area contributed by atoms with E-state index < -0.39 is 12.5 Å². The Hall–Kier alpha value is -4.07. The smallest absolute Gasteiger partial charge is 0.296 e. The zero-order chi connectivity index (χ0) is 24.8. The minimum atomic E-state index is -3.71. The minimum absolute atomic E-state index is 0.627. The molecule has 176 valence electrons. The van der Waals surface area contributed by atoms with Crippen molar-refractivity contribution in [2.24, 2.45) is 0 Å². The van der Waals surface area contributed by atoms with Gasteiger partial charge in [-0.25, -0.2) is 0 Å². The molecule has 1 aliphatic heterocycles. The van der Waals surface area contributed by atoms with Crippen molar-refractivity contribution >= 4 is 18.4 Å². The highest BCUT2D eigenvalue weighted by molar-refractivity contribution is 7.69. The lowest BCUT2D eigenvalue weighted by Crippen LogP contribution is -2.38. The quantitative estimate of drug-likeness (QED) is 0.162. The normalized spacial score (nSPS) is 17.8. The molecule has 1 aliphatic rings. The largest absolute Gasteiger partial charge is 0.438 e. The Morgan fingerprint density at radius 1 is 0.611 bits per heavy atom. The highest BCUT2D eigenvalue weighted by Crippen LogP contribution is 2.71. The van der Waals surface area contributed by atoms with Crippen LogP contribution in [0.15, 0.2) is 127 Å². The standard InChI is InChI=1S/C32H26NO2P/c1-23-15-17-25(18-16-23)32(24-9-3-2-4-10-24,26-19-21-27(33)22-20-26)36(34)31-14-8-6-12-29(31)28-11-5-7-13-30(28)35-36/h2-22H,33H2,1H3. The Labute approximate surface area is 211 Å². The van der Waals surface area contributed by atoms with Crippen LogP contribution in [0.3, 0.4) is 0 Å². The molecule has 0 saturated heterocycles. The third kappa shape index (κ3) is 3.24. The molecule has 5 aromatic rings. The molecular weight excluding hydrogens is 461 g/mol. The molecule has 1 heterocycles. The molecule has 0 aliphatic carbocycles. The molecule has 36 heavy (non-hydrogen) atoms. The van der Waals surface area contributed by atoms with Crippen molar-refractivity contribution in [3.05, 3.63) is 150 Å². The van der Waals surface area contributed by atoms with Crippen LogP contribution < -0.4 is 15.6 Å². The summed E-state index contributed by atoms with van der Waals surface area (Å²) in [7, 11) is -3.71. The SMILES string of the molecule is Cc1ccc(C(c2ccccc2)(c2ccc(N)cc2)P2(=O)Oc3ccccc3-c3ccccc32)cc1. The van der Waals surface area contributed by atoms with E-state index in [1.807, 2.05) is 103 Å². The molecule has 0 aromatic heterocycles. The summed E-state index contributed by atoms with van der Waals surface area (Å²) in [6, 6.07) is 41.8. The van der Waals surface area contributed by atoms with Crippen LogP contribution in [-0.4, -0.2) is 0 Å². The zero-order valence-electron chi connectivity index (χ0n) is 20.0. The minimum Gasteiger partial charge on any atom is -0.438 e. The van der Waals surface area contributed by atoms with Crippen LogP contribution in [0.2, 0.25) is 0 Å². The van der Waals surface area contributed by atoms with Gasteiger partial charge in [0.1, 0.15) is 10.9 Å². The van der Waals surface area contributed by atoms with Gasteiger partial charge in [-0.15, -0.1) is 0 Å². The number of rotatable bonds is 4. The van der Waals surface area contributed by atoms with Gasteiger partial charge in [0.2, 0.25) is 0 Å². The summed E-state index contributed by atoms with van der Waals surface area (Å²) in [5.74, 6) is 0.627. The van der Waals surface area contributed by atoms with Crippen LogP contribution in [0, 0.1) is 6.92 Å². The van der Waals surface area contributed by atoms with Gasteiger partial charge < -0.3 is 10.3 Å². The molecule has 0 bridgehead atoms. The number of hydrogen-bond donors (Lipinski definition) is 1. The Morgan fingerprint density at radius 2 is 1.14 bits per heavy atom. The zero-order valence-corrected chi connectivity index (χ0v) is 20.9. The lowest BCUT2D eigenvalue weighted by molar-refractivity contribution is 0.469. The molecule has 5 aromatic carbocycles. The first-order valence-electron chi connectivity index (χ1n) is 12.0. The van der Waals surface area contributed by atoms with Crippen LogP contribution in [0.5, 0.6) is 5.75 Å². The lowest BCUT2D eigenvalue weighted by atomic mass is 9.83. The van der Waals surface area contributed by atoms with E-state index in [-0.39, 0.29) is 0 Å². The number of para-hydroxylation sites is 1. The Bertz CT molecular complexity index is 1550. The van der Waals surface area contributed by atoms with Gasteiger partial charge >= 0.3 is 0 Å². The van der Waals surface area contributed by atoms with Gasteiger partial charge in [0.05, 0.1) is 5.30 Å². The van der Waals surface area contributed by atoms with Crippen LogP contribution >= 0.6 is 7.37 Å². The predicted octanol–water partition coefficient (Wildman–Crippen LogP) is 7.53.